The van der Waals surface area contributed by atoms with Crippen LogP contribution in [0.15, 0.2) is 60.7 Å². The fraction of sp³-hybridized carbons (Fsp3) is 0.407. The summed E-state index contributed by atoms with van der Waals surface area (Å²) in [5.41, 5.74) is 2.16. The molecule has 4 rings (SSSR count). The van der Waals surface area contributed by atoms with E-state index in [-0.39, 0.29) is 11.9 Å². The molecule has 0 bridgehead atoms. The molecule has 1 amide bonds. The number of para-hydroxylation sites is 2. The molecule has 0 saturated heterocycles. The molecule has 0 radical (unpaired) electrons. The van der Waals surface area contributed by atoms with Gasteiger partial charge in [0.1, 0.15) is 11.6 Å². The lowest BCUT2D eigenvalue weighted by Gasteiger charge is -2.31. The molecule has 1 fully saturated rings. The first-order valence-electron chi connectivity index (χ1n) is 11.9. The van der Waals surface area contributed by atoms with Gasteiger partial charge in [-0.15, -0.1) is 0 Å². The summed E-state index contributed by atoms with van der Waals surface area (Å²) in [6.07, 6.45) is 4.05. The number of amides is 1. The lowest BCUT2D eigenvalue weighted by atomic mass is 9.91. The number of hydrogen-bond acceptors (Lipinski definition) is 5. The van der Waals surface area contributed by atoms with Crippen LogP contribution < -0.4 is 20.3 Å². The van der Waals surface area contributed by atoms with Crippen molar-refractivity contribution in [2.75, 3.05) is 24.3 Å². The minimum absolute atomic E-state index is 0.0235. The molecule has 1 unspecified atom stereocenters. The van der Waals surface area contributed by atoms with Crippen molar-refractivity contribution in [3.63, 3.8) is 0 Å². The van der Waals surface area contributed by atoms with E-state index in [1.165, 1.54) is 0 Å². The first kappa shape index (κ1) is 22.9. The number of pyridine rings is 1. The van der Waals surface area contributed by atoms with E-state index in [9.17, 15) is 4.79 Å². The summed E-state index contributed by atoms with van der Waals surface area (Å²) < 4.78 is 5.90. The third-order valence-electron chi connectivity index (χ3n) is 6.29. The zero-order chi connectivity index (χ0) is 23.2. The van der Waals surface area contributed by atoms with Gasteiger partial charge in [-0.25, -0.2) is 4.98 Å². The van der Waals surface area contributed by atoms with Crippen LogP contribution in [0.5, 0.6) is 5.75 Å². The summed E-state index contributed by atoms with van der Waals surface area (Å²) in [5.74, 6) is 1.61. The minimum atomic E-state index is -0.463. The Labute approximate surface area is 196 Å². The molecule has 33 heavy (non-hydrogen) atoms. The fourth-order valence-corrected chi connectivity index (χ4v) is 4.47. The number of rotatable bonds is 8. The number of carbonyl (C=O) groups is 1. The molecule has 3 aromatic rings. The monoisotopic (exact) mass is 446 g/mol. The first-order chi connectivity index (χ1) is 16.0. The summed E-state index contributed by atoms with van der Waals surface area (Å²) in [6, 6.07) is 20.5. The normalized spacial score (nSPS) is 19.0. The van der Waals surface area contributed by atoms with Crippen LogP contribution in [0, 0.1) is 0 Å². The Morgan fingerprint density at radius 3 is 2.39 bits per heavy atom. The van der Waals surface area contributed by atoms with Crippen LogP contribution in [0.4, 0.5) is 11.5 Å². The van der Waals surface area contributed by atoms with E-state index in [4.69, 9.17) is 9.72 Å². The SMILES string of the molecule is CCC(Oc1ccccc1)C(=O)NC1CCC(Nc2cc(N(C)C)c3ccccc3n2)CC1. The highest BCUT2D eigenvalue weighted by atomic mass is 16.5. The summed E-state index contributed by atoms with van der Waals surface area (Å²) in [4.78, 5) is 19.7. The van der Waals surface area contributed by atoms with Gasteiger partial charge in [0.2, 0.25) is 0 Å². The van der Waals surface area contributed by atoms with Crippen molar-refractivity contribution in [2.24, 2.45) is 0 Å². The Hall–Kier alpha value is -3.28. The van der Waals surface area contributed by atoms with Gasteiger partial charge in [-0.3, -0.25) is 4.79 Å². The standard InChI is InChI=1S/C27H34N4O2/c1-4-25(33-21-10-6-5-7-11-21)27(32)29-20-16-14-19(15-17-20)28-26-18-24(31(2)3)22-12-8-9-13-23(22)30-26/h5-13,18-20,25H,4,14-17H2,1-3H3,(H,28,30)(H,29,32). The summed E-state index contributed by atoms with van der Waals surface area (Å²) in [6.45, 7) is 1.98. The van der Waals surface area contributed by atoms with Crippen molar-refractivity contribution >= 4 is 28.3 Å². The zero-order valence-corrected chi connectivity index (χ0v) is 19.8. The smallest absolute Gasteiger partial charge is 0.261 e. The second-order valence-corrected chi connectivity index (χ2v) is 8.97. The Kier molecular flexibility index (Phi) is 7.33. The molecule has 2 N–H and O–H groups in total. The van der Waals surface area contributed by atoms with Crippen LogP contribution in [-0.2, 0) is 4.79 Å². The average Bonchev–Trinajstić information content (AvgIpc) is 2.83. The number of nitrogens with one attached hydrogen (secondary N) is 2. The second-order valence-electron chi connectivity index (χ2n) is 8.97. The topological polar surface area (TPSA) is 66.5 Å². The largest absolute Gasteiger partial charge is 0.481 e. The van der Waals surface area contributed by atoms with E-state index in [1.54, 1.807) is 0 Å². The third-order valence-corrected chi connectivity index (χ3v) is 6.29. The average molecular weight is 447 g/mol. The van der Waals surface area contributed by atoms with Gasteiger partial charge in [0, 0.05) is 43.3 Å². The highest BCUT2D eigenvalue weighted by molar-refractivity contribution is 5.93. The van der Waals surface area contributed by atoms with Gasteiger partial charge >= 0.3 is 0 Å². The van der Waals surface area contributed by atoms with E-state index in [1.807, 2.05) is 49.4 Å². The number of fused-ring (bicyclic) bond motifs is 1. The van der Waals surface area contributed by atoms with Crippen LogP contribution >= 0.6 is 0 Å². The summed E-state index contributed by atoms with van der Waals surface area (Å²) in [7, 11) is 4.12. The molecule has 6 nitrogen and oxygen atoms in total. The Balaban J connectivity index is 1.32. The molecule has 1 aromatic heterocycles. The van der Waals surface area contributed by atoms with Crippen LogP contribution in [0.25, 0.3) is 10.9 Å². The number of aromatic nitrogens is 1. The molecule has 1 heterocycles. The quantitative estimate of drug-likeness (QED) is 0.510. The van der Waals surface area contributed by atoms with Crippen molar-refractivity contribution in [2.45, 2.75) is 57.2 Å². The van der Waals surface area contributed by atoms with Crippen molar-refractivity contribution in [1.82, 2.24) is 10.3 Å². The molecule has 1 aliphatic carbocycles. The molecule has 174 valence electrons. The fourth-order valence-electron chi connectivity index (χ4n) is 4.47. The lowest BCUT2D eigenvalue weighted by Crippen LogP contribution is -2.46. The molecule has 2 aromatic carbocycles. The van der Waals surface area contributed by atoms with E-state index in [0.29, 0.717) is 12.5 Å². The highest BCUT2D eigenvalue weighted by Crippen LogP contribution is 2.29. The van der Waals surface area contributed by atoms with Crippen LogP contribution in [-0.4, -0.2) is 43.2 Å². The van der Waals surface area contributed by atoms with Crippen LogP contribution in [0.2, 0.25) is 0 Å². The molecule has 1 atom stereocenters. The molecular formula is C27H34N4O2. The van der Waals surface area contributed by atoms with E-state index >= 15 is 0 Å². The Morgan fingerprint density at radius 1 is 1.03 bits per heavy atom. The van der Waals surface area contributed by atoms with Gasteiger partial charge < -0.3 is 20.3 Å². The van der Waals surface area contributed by atoms with E-state index < -0.39 is 6.10 Å². The van der Waals surface area contributed by atoms with Crippen molar-refractivity contribution in [3.8, 4) is 5.75 Å². The second kappa shape index (κ2) is 10.6. The molecule has 0 aliphatic heterocycles. The van der Waals surface area contributed by atoms with Crippen molar-refractivity contribution in [3.05, 3.63) is 60.7 Å². The summed E-state index contributed by atoms with van der Waals surface area (Å²) in [5, 5.41) is 8.00. The maximum absolute atomic E-state index is 12.8. The van der Waals surface area contributed by atoms with Gasteiger partial charge in [0.25, 0.3) is 5.91 Å². The number of nitrogens with zero attached hydrogens (tertiary/aromatic N) is 2. The van der Waals surface area contributed by atoms with Gasteiger partial charge in [-0.05, 0) is 50.3 Å². The molecule has 1 saturated carbocycles. The predicted octanol–water partition coefficient (Wildman–Crippen LogP) is 5.00. The zero-order valence-electron chi connectivity index (χ0n) is 19.8. The molecule has 1 aliphatic rings. The van der Waals surface area contributed by atoms with Crippen LogP contribution in [0.3, 0.4) is 0 Å². The van der Waals surface area contributed by atoms with E-state index in [0.717, 1.165) is 53.8 Å². The van der Waals surface area contributed by atoms with E-state index in [2.05, 4.69) is 47.8 Å². The van der Waals surface area contributed by atoms with Gasteiger partial charge in [-0.2, -0.15) is 0 Å². The third kappa shape index (κ3) is 5.75. The maximum atomic E-state index is 12.8. The lowest BCUT2D eigenvalue weighted by molar-refractivity contribution is -0.129. The molecule has 6 heteroatoms. The Morgan fingerprint density at radius 2 is 1.70 bits per heavy atom. The highest BCUT2D eigenvalue weighted by Gasteiger charge is 2.26. The molecular weight excluding hydrogens is 412 g/mol. The van der Waals surface area contributed by atoms with Gasteiger partial charge in [0.05, 0.1) is 5.52 Å². The number of ether oxygens (including phenoxy) is 1. The summed E-state index contributed by atoms with van der Waals surface area (Å²) >= 11 is 0. The number of hydrogen-bond donors (Lipinski definition) is 2. The number of benzene rings is 2. The predicted molar refractivity (Wildman–Crippen MR) is 135 cm³/mol. The number of anilines is 2. The first-order valence-corrected chi connectivity index (χ1v) is 11.9. The Bertz CT molecular complexity index is 1060. The number of carbonyl (C=O) groups excluding carboxylic acids is 1. The molecule has 0 spiro atoms. The minimum Gasteiger partial charge on any atom is -0.481 e. The van der Waals surface area contributed by atoms with Crippen molar-refractivity contribution < 1.29 is 9.53 Å². The maximum Gasteiger partial charge on any atom is 0.261 e. The van der Waals surface area contributed by atoms with Gasteiger partial charge in [0.15, 0.2) is 6.10 Å². The van der Waals surface area contributed by atoms with Crippen molar-refractivity contribution in [1.29, 1.82) is 0 Å². The van der Waals surface area contributed by atoms with Gasteiger partial charge in [-0.1, -0.05) is 43.3 Å². The van der Waals surface area contributed by atoms with Crippen LogP contribution in [0.1, 0.15) is 39.0 Å².